The number of azide groups is 1. The number of likely N-dealkylation sites (N-methyl/N-ethyl adjacent to an activating group) is 1. The van der Waals surface area contributed by atoms with Gasteiger partial charge >= 0.3 is 5.97 Å². The number of carbonyl (C=O) groups is 1. The molecule has 0 saturated heterocycles. The van der Waals surface area contributed by atoms with Gasteiger partial charge in [0, 0.05) is 6.42 Å². The molecule has 0 saturated carbocycles. The van der Waals surface area contributed by atoms with Crippen LogP contribution in [-0.2, 0) is 11.2 Å². The van der Waals surface area contributed by atoms with Crippen molar-refractivity contribution in [3.05, 3.63) is 46.3 Å². The van der Waals surface area contributed by atoms with E-state index in [1.54, 1.807) is 0 Å². The smallest absolute Gasteiger partial charge is 0.349 e. The number of hydrogen-bond donors (Lipinski definition) is 1. The fraction of sp³-hybridized carbons (Fsp3) is 0.300. The molecule has 0 spiro atoms. The van der Waals surface area contributed by atoms with Gasteiger partial charge < -0.3 is 5.11 Å². The number of rotatable bonds is 5. The summed E-state index contributed by atoms with van der Waals surface area (Å²) in [6.07, 6.45) is 0.297. The van der Waals surface area contributed by atoms with Crippen molar-refractivity contribution in [3.63, 3.8) is 0 Å². The molecule has 1 atom stereocenters. The van der Waals surface area contributed by atoms with Crippen LogP contribution in [0.4, 0.5) is 0 Å². The van der Waals surface area contributed by atoms with Gasteiger partial charge in [-0.15, -0.1) is 5.53 Å². The third kappa shape index (κ3) is 3.18. The number of carboxylic acid groups (broad SMARTS) is 1. The second-order valence-corrected chi connectivity index (χ2v) is 3.30. The molecule has 84 valence electrons. The number of nitrogens with zero attached hydrogens (tertiary/aromatic N) is 4. The van der Waals surface area contributed by atoms with E-state index in [2.05, 4.69) is 10.1 Å². The topological polar surface area (TPSA) is 89.3 Å². The minimum absolute atomic E-state index is 0.297. The van der Waals surface area contributed by atoms with Crippen molar-refractivity contribution >= 4 is 5.97 Å². The Balaban J connectivity index is 2.80. The van der Waals surface area contributed by atoms with Crippen molar-refractivity contribution in [3.8, 4) is 0 Å². The predicted molar refractivity (Wildman–Crippen MR) is 58.5 cm³/mol. The summed E-state index contributed by atoms with van der Waals surface area (Å²) >= 11 is 0. The van der Waals surface area contributed by atoms with Crippen LogP contribution in [0.3, 0.4) is 0 Å². The fourth-order valence-electron chi connectivity index (χ4n) is 1.34. The maximum atomic E-state index is 11.0. The van der Waals surface area contributed by atoms with Crippen LogP contribution in [0.2, 0.25) is 0 Å². The highest BCUT2D eigenvalue weighted by atomic mass is 16.4. The van der Waals surface area contributed by atoms with Gasteiger partial charge in [-0.05, 0) is 10.8 Å². The van der Waals surface area contributed by atoms with E-state index in [1.807, 2.05) is 30.3 Å². The Bertz CT molecular complexity index is 401. The molecule has 0 heterocycles. The summed E-state index contributed by atoms with van der Waals surface area (Å²) in [5.41, 5.74) is 9.14. The van der Waals surface area contributed by atoms with Gasteiger partial charge in [0.2, 0.25) is 0 Å². The first-order valence-electron chi connectivity index (χ1n) is 4.69. The molecule has 1 unspecified atom stereocenters. The summed E-state index contributed by atoms with van der Waals surface area (Å²) in [5.74, 6) is -1.02. The largest absolute Gasteiger partial charge is 0.478 e. The molecular formula is C10H12N4O2. The molecule has 16 heavy (non-hydrogen) atoms. The van der Waals surface area contributed by atoms with Gasteiger partial charge in [-0.2, -0.15) is 4.91 Å². The lowest BCUT2D eigenvalue weighted by atomic mass is 10.1. The van der Waals surface area contributed by atoms with Gasteiger partial charge in [-0.3, -0.25) is 0 Å². The van der Waals surface area contributed by atoms with Gasteiger partial charge in [0.25, 0.3) is 0 Å². The molecule has 0 bridgehead atoms. The summed E-state index contributed by atoms with van der Waals surface area (Å²) in [7, 11) is 1.45. The normalized spacial score (nSPS) is 11.3. The maximum absolute atomic E-state index is 11.0. The molecule has 1 N–H and O–H groups in total. The van der Waals surface area contributed by atoms with Gasteiger partial charge in [0.15, 0.2) is 6.04 Å². The Labute approximate surface area is 92.7 Å². The third-order valence-electron chi connectivity index (χ3n) is 2.19. The molecule has 0 aliphatic carbocycles. The number of carboxylic acids is 1. The van der Waals surface area contributed by atoms with Crippen molar-refractivity contribution in [1.82, 2.24) is 5.01 Å². The van der Waals surface area contributed by atoms with Crippen molar-refractivity contribution in [2.45, 2.75) is 12.5 Å². The highest BCUT2D eigenvalue weighted by molar-refractivity contribution is 5.73. The summed E-state index contributed by atoms with van der Waals surface area (Å²) in [6, 6.07) is 8.35. The van der Waals surface area contributed by atoms with Gasteiger partial charge in [0.05, 0.1) is 7.05 Å². The van der Waals surface area contributed by atoms with Gasteiger partial charge in [-0.25, -0.2) is 9.80 Å². The van der Waals surface area contributed by atoms with Gasteiger partial charge in [-0.1, -0.05) is 30.3 Å². The van der Waals surface area contributed by atoms with E-state index in [0.29, 0.717) is 6.42 Å². The van der Waals surface area contributed by atoms with Crippen LogP contribution in [0.25, 0.3) is 10.4 Å². The van der Waals surface area contributed by atoms with E-state index in [1.165, 1.54) is 7.05 Å². The SMILES string of the molecule is CN(N=[N+]=[N-])C(Cc1ccccc1)C(=O)O. The van der Waals surface area contributed by atoms with Gasteiger partial charge in [0.1, 0.15) is 0 Å². The second-order valence-electron chi connectivity index (χ2n) is 3.30. The van der Waals surface area contributed by atoms with Crippen LogP contribution < -0.4 is 0 Å². The summed E-state index contributed by atoms with van der Waals surface area (Å²) < 4.78 is 0. The molecule has 0 aromatic heterocycles. The molecule has 1 rings (SSSR count). The number of aliphatic carboxylic acids is 1. The minimum atomic E-state index is -1.02. The zero-order valence-corrected chi connectivity index (χ0v) is 8.82. The summed E-state index contributed by atoms with van der Waals surface area (Å²) in [5, 5.41) is 13.4. The second kappa shape index (κ2) is 5.63. The lowest BCUT2D eigenvalue weighted by Gasteiger charge is -2.16. The van der Waals surface area contributed by atoms with Crippen molar-refractivity contribution in [2.75, 3.05) is 7.05 Å². The Hall–Kier alpha value is -2.20. The van der Waals surface area contributed by atoms with E-state index >= 15 is 0 Å². The zero-order valence-electron chi connectivity index (χ0n) is 8.82. The number of benzene rings is 1. The highest BCUT2D eigenvalue weighted by Gasteiger charge is 2.25. The number of hydrogen-bond acceptors (Lipinski definition) is 2. The average molecular weight is 220 g/mol. The first kappa shape index (κ1) is 11.9. The first-order valence-corrected chi connectivity index (χ1v) is 4.69. The molecule has 0 aliphatic heterocycles. The van der Waals surface area contributed by atoms with Crippen LogP contribution in [0.1, 0.15) is 5.56 Å². The first-order chi connectivity index (χ1) is 7.65. The van der Waals surface area contributed by atoms with Crippen LogP contribution in [0.15, 0.2) is 35.6 Å². The van der Waals surface area contributed by atoms with Crippen LogP contribution in [0, 0.1) is 0 Å². The van der Waals surface area contributed by atoms with E-state index in [9.17, 15) is 4.79 Å². The van der Waals surface area contributed by atoms with Crippen LogP contribution in [-0.4, -0.2) is 29.2 Å². The van der Waals surface area contributed by atoms with Crippen LogP contribution in [0.5, 0.6) is 0 Å². The Morgan fingerprint density at radius 1 is 1.56 bits per heavy atom. The van der Waals surface area contributed by atoms with Crippen molar-refractivity contribution in [1.29, 1.82) is 0 Å². The standard InChI is InChI=1S/C10H12N4O2/c1-14(13-12-11)9(10(15)16)7-8-5-3-2-4-6-8/h2-6,9H,7H2,1H3,(H,15,16). The van der Waals surface area contributed by atoms with E-state index in [4.69, 9.17) is 10.6 Å². The Kier molecular flexibility index (Phi) is 4.17. The molecular weight excluding hydrogens is 208 g/mol. The lowest BCUT2D eigenvalue weighted by molar-refractivity contribution is -0.142. The Morgan fingerprint density at radius 3 is 2.69 bits per heavy atom. The van der Waals surface area contributed by atoms with E-state index < -0.39 is 12.0 Å². The summed E-state index contributed by atoms with van der Waals surface area (Å²) in [4.78, 5) is 13.6. The fourth-order valence-corrected chi connectivity index (χ4v) is 1.34. The minimum Gasteiger partial charge on any atom is -0.478 e. The maximum Gasteiger partial charge on any atom is 0.349 e. The third-order valence-corrected chi connectivity index (χ3v) is 2.19. The predicted octanol–water partition coefficient (Wildman–Crippen LogP) is 1.84. The lowest BCUT2D eigenvalue weighted by Crippen LogP contribution is -2.36. The molecule has 0 amide bonds. The zero-order chi connectivity index (χ0) is 12.0. The molecule has 0 radical (unpaired) electrons. The monoisotopic (exact) mass is 220 g/mol. The van der Waals surface area contributed by atoms with E-state index in [-0.39, 0.29) is 0 Å². The molecule has 0 aliphatic rings. The quantitative estimate of drug-likeness (QED) is 0.355. The molecule has 6 nitrogen and oxygen atoms in total. The molecule has 1 aromatic carbocycles. The molecule has 0 fully saturated rings. The highest BCUT2D eigenvalue weighted by Crippen LogP contribution is 2.08. The van der Waals surface area contributed by atoms with Crippen LogP contribution >= 0.6 is 0 Å². The van der Waals surface area contributed by atoms with Crippen molar-refractivity contribution in [2.24, 2.45) is 5.22 Å². The molecule has 1 aromatic rings. The van der Waals surface area contributed by atoms with Crippen molar-refractivity contribution < 1.29 is 9.90 Å². The molecule has 6 heteroatoms. The summed E-state index contributed by atoms with van der Waals surface area (Å²) in [6.45, 7) is 0. The Morgan fingerprint density at radius 2 is 2.19 bits per heavy atom. The van der Waals surface area contributed by atoms with E-state index in [0.717, 1.165) is 10.6 Å². The average Bonchev–Trinajstić information content (AvgIpc) is 2.27.